The van der Waals surface area contributed by atoms with E-state index in [9.17, 15) is 4.39 Å². The molecule has 2 aliphatic rings. The van der Waals surface area contributed by atoms with Crippen LogP contribution in [0.1, 0.15) is 30.4 Å². The molecule has 4 N–H and O–H groups in total. The molecule has 2 heterocycles. The van der Waals surface area contributed by atoms with Crippen LogP contribution in [0.5, 0.6) is 0 Å². The van der Waals surface area contributed by atoms with Crippen LogP contribution in [0, 0.1) is 5.82 Å². The van der Waals surface area contributed by atoms with Crippen molar-refractivity contribution < 1.29 is 13.9 Å². The smallest absolute Gasteiger partial charge is 0.197 e. The van der Waals surface area contributed by atoms with Gasteiger partial charge in [0.05, 0.1) is 12.6 Å². The second-order valence-electron chi connectivity index (χ2n) is 7.49. The number of amidine groups is 1. The number of nitrogens with two attached hydrogens (primary N) is 2. The van der Waals surface area contributed by atoms with E-state index in [1.165, 1.54) is 6.07 Å². The van der Waals surface area contributed by atoms with Crippen molar-refractivity contribution in [3.8, 4) is 0 Å². The van der Waals surface area contributed by atoms with Gasteiger partial charge >= 0.3 is 0 Å². The van der Waals surface area contributed by atoms with Crippen molar-refractivity contribution in [2.75, 3.05) is 11.4 Å². The molecular weight excluding hydrogens is 383 g/mol. The van der Waals surface area contributed by atoms with Crippen molar-refractivity contribution in [2.24, 2.45) is 23.7 Å². The van der Waals surface area contributed by atoms with Crippen molar-refractivity contribution in [1.82, 2.24) is 4.68 Å². The van der Waals surface area contributed by atoms with Crippen molar-refractivity contribution in [3.63, 3.8) is 0 Å². The number of hydrogen-bond acceptors (Lipinski definition) is 4. The summed E-state index contributed by atoms with van der Waals surface area (Å²) in [7, 11) is 1.98. The van der Waals surface area contributed by atoms with Gasteiger partial charge in [-0.2, -0.15) is 0 Å². The number of anilines is 1. The van der Waals surface area contributed by atoms with Gasteiger partial charge in [0.25, 0.3) is 0 Å². The van der Waals surface area contributed by atoms with Crippen molar-refractivity contribution in [2.45, 2.75) is 44.5 Å². The number of aryl methyl sites for hydroxylation is 1. The summed E-state index contributed by atoms with van der Waals surface area (Å²) in [6.45, 7) is 2.06. The summed E-state index contributed by atoms with van der Waals surface area (Å²) < 4.78 is 19.0. The first-order valence-electron chi connectivity index (χ1n) is 9.46. The van der Waals surface area contributed by atoms with Crippen LogP contribution < -0.4 is 21.0 Å². The lowest BCUT2D eigenvalue weighted by atomic mass is 10.1. The zero-order valence-corrected chi connectivity index (χ0v) is 16.6. The van der Waals surface area contributed by atoms with Gasteiger partial charge in [-0.3, -0.25) is 0 Å². The van der Waals surface area contributed by atoms with Gasteiger partial charge in [-0.05, 0) is 25.0 Å². The van der Waals surface area contributed by atoms with Crippen LogP contribution in [-0.2, 0) is 25.0 Å². The van der Waals surface area contributed by atoms with Gasteiger partial charge in [0.1, 0.15) is 11.9 Å². The number of hydrogen-bond donors (Lipinski definition) is 2. The predicted molar refractivity (Wildman–Crippen MR) is 105 cm³/mol. The van der Waals surface area contributed by atoms with Crippen LogP contribution in [0.25, 0.3) is 0 Å². The first-order chi connectivity index (χ1) is 13.4. The fourth-order valence-corrected chi connectivity index (χ4v) is 4.15. The van der Waals surface area contributed by atoms with Gasteiger partial charge in [0.2, 0.25) is 0 Å². The maximum atomic E-state index is 14.8. The molecule has 2 aromatic rings. The number of fused-ring (bicyclic) bond motifs is 1. The second-order valence-corrected chi connectivity index (χ2v) is 7.90. The molecule has 1 aromatic heterocycles. The maximum absolute atomic E-state index is 14.8. The molecule has 0 saturated heterocycles. The number of oxime groups is 1. The van der Waals surface area contributed by atoms with Crippen LogP contribution in [0.2, 0.25) is 5.02 Å². The molecule has 150 valence electrons. The number of benzene rings is 1. The van der Waals surface area contributed by atoms with E-state index in [2.05, 4.69) is 14.7 Å². The van der Waals surface area contributed by atoms with Crippen LogP contribution in [0.4, 0.5) is 10.2 Å². The first-order valence-corrected chi connectivity index (χ1v) is 9.83. The van der Waals surface area contributed by atoms with E-state index in [0.717, 1.165) is 38.2 Å². The van der Waals surface area contributed by atoms with Gasteiger partial charge in [-0.25, -0.2) is 4.39 Å². The van der Waals surface area contributed by atoms with E-state index in [1.807, 2.05) is 24.0 Å². The Morgan fingerprint density at radius 1 is 1.39 bits per heavy atom. The highest BCUT2D eigenvalue weighted by Gasteiger charge is 2.27. The predicted octanol–water partition coefficient (Wildman–Crippen LogP) is 1.64. The van der Waals surface area contributed by atoms with Gasteiger partial charge in [0.15, 0.2) is 24.9 Å². The molecule has 0 spiro atoms. The van der Waals surface area contributed by atoms with Crippen LogP contribution in [-0.4, -0.2) is 29.2 Å². The Labute approximate surface area is 168 Å². The van der Waals surface area contributed by atoms with E-state index < -0.39 is 5.82 Å². The molecule has 0 amide bonds. The molecule has 1 aliphatic heterocycles. The zero-order chi connectivity index (χ0) is 19.8. The average molecular weight is 408 g/mol. The van der Waals surface area contributed by atoms with Crippen LogP contribution >= 0.6 is 11.6 Å². The number of halogens is 2. The monoisotopic (exact) mass is 407 g/mol. The number of rotatable bonds is 5. The van der Waals surface area contributed by atoms with Gasteiger partial charge in [-0.15, -0.1) is 9.36 Å². The molecule has 7 nitrogen and oxygen atoms in total. The quantitative estimate of drug-likeness (QED) is 0.341. The minimum Gasteiger partial charge on any atom is -0.391 e. The third kappa shape index (κ3) is 3.66. The van der Waals surface area contributed by atoms with Crippen LogP contribution in [0.15, 0.2) is 29.6 Å². The molecule has 9 heteroatoms. The second kappa shape index (κ2) is 7.60. The summed E-state index contributed by atoms with van der Waals surface area (Å²) in [6.07, 6.45) is 4.45. The lowest BCUT2D eigenvalue weighted by molar-refractivity contribution is -0.751. The van der Waals surface area contributed by atoms with E-state index in [0.29, 0.717) is 22.7 Å². The average Bonchev–Trinajstić information content (AvgIpc) is 3.35. The Morgan fingerprint density at radius 2 is 2.21 bits per heavy atom. The first kappa shape index (κ1) is 19.0. The third-order valence-electron chi connectivity index (χ3n) is 5.50. The fourth-order valence-electron chi connectivity index (χ4n) is 3.88. The normalized spacial score (nSPS) is 22.0. The lowest BCUT2D eigenvalue weighted by Gasteiger charge is -2.18. The summed E-state index contributed by atoms with van der Waals surface area (Å²) in [5, 5.41) is 4.28. The third-order valence-corrected chi connectivity index (χ3v) is 5.84. The fraction of sp³-hybridized carbons (Fsp3) is 0.474. The van der Waals surface area contributed by atoms with E-state index in [4.69, 9.17) is 27.9 Å². The minimum absolute atomic E-state index is 0.0409. The molecule has 2 unspecified atom stereocenters. The van der Waals surface area contributed by atoms with E-state index in [1.54, 1.807) is 6.07 Å². The highest BCUT2D eigenvalue weighted by molar-refractivity contribution is 6.31. The standard InChI is InChI=1S/C19H25ClFN6O/c1-25-5-4-18-26(6-7-27(18)25)11-15-16(20)8-12(9-17(15)21)19(23)24-28-14-3-2-13(22)10-14/h4-5,8-9,13-14H,2-3,6-7,10-11,22H2,1H3,(H2,23,24)/q+1. The molecule has 1 saturated carbocycles. The molecule has 1 fully saturated rings. The van der Waals surface area contributed by atoms with Crippen molar-refractivity contribution in [1.29, 1.82) is 0 Å². The summed E-state index contributed by atoms with van der Waals surface area (Å²) in [4.78, 5) is 7.56. The molecule has 0 bridgehead atoms. The van der Waals surface area contributed by atoms with E-state index >= 15 is 0 Å². The highest BCUT2D eigenvalue weighted by atomic mass is 35.5. The Kier molecular flexibility index (Phi) is 5.16. The Bertz CT molecular complexity index is 891. The topological polar surface area (TPSA) is 85.7 Å². The molecule has 1 aliphatic carbocycles. The summed E-state index contributed by atoms with van der Waals surface area (Å²) in [5.41, 5.74) is 12.7. The molecule has 4 rings (SSSR count). The minimum atomic E-state index is -0.405. The van der Waals surface area contributed by atoms with Crippen molar-refractivity contribution >= 4 is 23.3 Å². The lowest BCUT2D eigenvalue weighted by Crippen LogP contribution is -2.37. The highest BCUT2D eigenvalue weighted by Crippen LogP contribution is 2.28. The van der Waals surface area contributed by atoms with Gasteiger partial charge in [-0.1, -0.05) is 16.8 Å². The van der Waals surface area contributed by atoms with Crippen LogP contribution in [0.3, 0.4) is 0 Å². The maximum Gasteiger partial charge on any atom is 0.197 e. The van der Waals surface area contributed by atoms with Gasteiger partial charge in [0, 0.05) is 41.7 Å². The Morgan fingerprint density at radius 3 is 2.93 bits per heavy atom. The van der Waals surface area contributed by atoms with E-state index in [-0.39, 0.29) is 18.0 Å². The molecule has 1 aromatic carbocycles. The molecular formula is C19H25ClFN6O+. The van der Waals surface area contributed by atoms with Gasteiger partial charge < -0.3 is 21.2 Å². The zero-order valence-electron chi connectivity index (χ0n) is 15.8. The summed E-state index contributed by atoms with van der Waals surface area (Å²) in [5.74, 6) is 0.749. The number of nitrogens with zero attached hydrogens (tertiary/aromatic N) is 4. The van der Waals surface area contributed by atoms with Crippen molar-refractivity contribution in [3.05, 3.63) is 46.4 Å². The Hall–Kier alpha value is -2.32. The SMILES string of the molecule is C[n+]1ccc2n1CCN2Cc1c(F)cc(C(N)=NOC2CCC(N)C2)cc1Cl. The Balaban J connectivity index is 1.49. The molecule has 28 heavy (non-hydrogen) atoms. The largest absolute Gasteiger partial charge is 0.391 e. The molecule has 2 atom stereocenters. The summed E-state index contributed by atoms with van der Waals surface area (Å²) in [6, 6.07) is 5.15. The molecule has 0 radical (unpaired) electrons. The summed E-state index contributed by atoms with van der Waals surface area (Å²) >= 11 is 6.39. The number of aromatic nitrogens is 2.